The monoisotopic (exact) mass is 383 g/mol. The van der Waals surface area contributed by atoms with Crippen LogP contribution in [0, 0.1) is 5.41 Å². The van der Waals surface area contributed by atoms with Crippen molar-refractivity contribution in [3.8, 4) is 17.0 Å². The van der Waals surface area contributed by atoms with Crippen LogP contribution in [0.2, 0.25) is 0 Å². The SMILES string of the molecule is CCc1c(-c2ccc(N3CCC4(CCNC4)C3)cc2)[nH]c(=O)c(C(=O)O)c1O. The predicted octanol–water partition coefficient (Wildman–Crippen LogP) is 2.20. The van der Waals surface area contributed by atoms with Gasteiger partial charge in [-0.05, 0) is 43.5 Å². The highest BCUT2D eigenvalue weighted by Gasteiger charge is 2.40. The van der Waals surface area contributed by atoms with Crippen LogP contribution in [0.25, 0.3) is 11.3 Å². The Labute approximate surface area is 163 Å². The Morgan fingerprint density at radius 1 is 1.25 bits per heavy atom. The molecule has 28 heavy (non-hydrogen) atoms. The fourth-order valence-electron chi connectivity index (χ4n) is 4.56. The highest BCUT2D eigenvalue weighted by atomic mass is 16.4. The number of aromatic carboxylic acids is 1. The fourth-order valence-corrected chi connectivity index (χ4v) is 4.56. The maximum Gasteiger partial charge on any atom is 0.345 e. The zero-order valence-corrected chi connectivity index (χ0v) is 15.9. The van der Waals surface area contributed by atoms with Gasteiger partial charge in [0.25, 0.3) is 5.56 Å². The smallest absolute Gasteiger partial charge is 0.345 e. The third-order valence-electron chi connectivity index (χ3n) is 6.15. The maximum absolute atomic E-state index is 12.2. The summed E-state index contributed by atoms with van der Waals surface area (Å²) >= 11 is 0. The minimum Gasteiger partial charge on any atom is -0.506 e. The first-order valence-corrected chi connectivity index (χ1v) is 9.71. The number of benzene rings is 1. The Balaban J connectivity index is 1.64. The minimum absolute atomic E-state index is 0.387. The van der Waals surface area contributed by atoms with E-state index in [0.717, 1.165) is 37.4 Å². The number of carbonyl (C=O) groups is 1. The molecule has 2 aromatic rings. The lowest BCUT2D eigenvalue weighted by molar-refractivity contribution is 0.0691. The number of rotatable bonds is 4. The first-order valence-electron chi connectivity index (χ1n) is 9.71. The van der Waals surface area contributed by atoms with E-state index < -0.39 is 22.8 Å². The van der Waals surface area contributed by atoms with Crippen LogP contribution in [0.3, 0.4) is 0 Å². The molecule has 1 aromatic heterocycles. The van der Waals surface area contributed by atoms with E-state index >= 15 is 0 Å². The van der Waals surface area contributed by atoms with Crippen LogP contribution in [0.15, 0.2) is 29.1 Å². The summed E-state index contributed by atoms with van der Waals surface area (Å²) in [6, 6.07) is 7.88. The number of H-pyrrole nitrogens is 1. The molecule has 148 valence electrons. The lowest BCUT2D eigenvalue weighted by Crippen LogP contribution is -2.29. The highest BCUT2D eigenvalue weighted by Crippen LogP contribution is 2.38. The van der Waals surface area contributed by atoms with Crippen molar-refractivity contribution in [3.63, 3.8) is 0 Å². The Morgan fingerprint density at radius 2 is 2.00 bits per heavy atom. The molecule has 3 heterocycles. The van der Waals surface area contributed by atoms with Gasteiger partial charge in [-0.15, -0.1) is 0 Å². The molecule has 0 radical (unpaired) electrons. The quantitative estimate of drug-likeness (QED) is 0.645. The topological polar surface area (TPSA) is 106 Å². The van der Waals surface area contributed by atoms with E-state index in [4.69, 9.17) is 0 Å². The van der Waals surface area contributed by atoms with Crippen LogP contribution in [0.1, 0.15) is 35.7 Å². The molecule has 0 bridgehead atoms. The number of hydrogen-bond donors (Lipinski definition) is 4. The Hall–Kier alpha value is -2.80. The first-order chi connectivity index (χ1) is 13.4. The van der Waals surface area contributed by atoms with Crippen molar-refractivity contribution in [2.45, 2.75) is 26.2 Å². The fraction of sp³-hybridized carbons (Fsp3) is 0.429. The van der Waals surface area contributed by atoms with Gasteiger partial charge in [-0.1, -0.05) is 19.1 Å². The largest absolute Gasteiger partial charge is 0.506 e. The average Bonchev–Trinajstić information content (AvgIpc) is 3.31. The maximum atomic E-state index is 12.2. The Morgan fingerprint density at radius 3 is 2.61 bits per heavy atom. The minimum atomic E-state index is -1.43. The first kappa shape index (κ1) is 18.6. The molecule has 2 aliphatic heterocycles. The van der Waals surface area contributed by atoms with E-state index in [-0.39, 0.29) is 0 Å². The molecule has 1 unspecified atom stereocenters. The third kappa shape index (κ3) is 3.05. The molecule has 0 amide bonds. The second-order valence-corrected chi connectivity index (χ2v) is 7.84. The summed E-state index contributed by atoms with van der Waals surface area (Å²) in [4.78, 5) is 28.5. The molecular formula is C21H25N3O4. The van der Waals surface area contributed by atoms with Gasteiger partial charge in [-0.25, -0.2) is 4.79 Å². The van der Waals surface area contributed by atoms with Crippen LogP contribution in [-0.2, 0) is 6.42 Å². The zero-order valence-electron chi connectivity index (χ0n) is 15.9. The van der Waals surface area contributed by atoms with Crippen molar-refractivity contribution in [1.29, 1.82) is 0 Å². The summed E-state index contributed by atoms with van der Waals surface area (Å²) in [7, 11) is 0. The number of anilines is 1. The van der Waals surface area contributed by atoms with Gasteiger partial charge in [0.05, 0.1) is 5.69 Å². The molecule has 2 saturated heterocycles. The molecule has 2 fully saturated rings. The number of pyridine rings is 1. The number of aromatic nitrogens is 1. The molecule has 7 heteroatoms. The number of aromatic hydroxyl groups is 1. The summed E-state index contributed by atoms with van der Waals surface area (Å²) < 4.78 is 0. The Bertz CT molecular complexity index is 959. The molecule has 7 nitrogen and oxygen atoms in total. The standard InChI is InChI=1S/C21H25N3O4/c1-2-15-17(23-19(26)16(18(15)25)20(27)28)13-3-5-14(6-4-13)24-10-8-21(12-24)7-9-22-11-21/h3-6,22H,2,7-12H2,1H3,(H,27,28)(H2,23,25,26). The normalized spacial score (nSPS) is 21.5. The summed E-state index contributed by atoms with van der Waals surface area (Å²) in [6.45, 7) is 6.07. The summed E-state index contributed by atoms with van der Waals surface area (Å²) in [6.07, 6.45) is 2.82. The van der Waals surface area contributed by atoms with E-state index in [2.05, 4.69) is 15.2 Å². The van der Waals surface area contributed by atoms with Gasteiger partial charge in [0.15, 0.2) is 5.56 Å². The second kappa shape index (κ2) is 6.98. The summed E-state index contributed by atoms with van der Waals surface area (Å²) in [5.41, 5.74) is 1.78. The van der Waals surface area contributed by atoms with E-state index in [9.17, 15) is 19.8 Å². The number of aromatic amines is 1. The average molecular weight is 383 g/mol. The molecule has 1 atom stereocenters. The van der Waals surface area contributed by atoms with Crippen LogP contribution in [0.5, 0.6) is 5.75 Å². The third-order valence-corrected chi connectivity index (χ3v) is 6.15. The number of nitrogens with zero attached hydrogens (tertiary/aromatic N) is 1. The van der Waals surface area contributed by atoms with Gasteiger partial charge in [-0.3, -0.25) is 4.79 Å². The highest BCUT2D eigenvalue weighted by molar-refractivity contribution is 5.92. The van der Waals surface area contributed by atoms with E-state index in [0.29, 0.717) is 23.1 Å². The molecule has 1 aromatic carbocycles. The van der Waals surface area contributed by atoms with Crippen molar-refractivity contribution in [1.82, 2.24) is 10.3 Å². The second-order valence-electron chi connectivity index (χ2n) is 7.84. The molecule has 0 aliphatic carbocycles. The van der Waals surface area contributed by atoms with Crippen LogP contribution in [0.4, 0.5) is 5.69 Å². The van der Waals surface area contributed by atoms with Gasteiger partial charge in [-0.2, -0.15) is 0 Å². The molecule has 4 rings (SSSR count). The van der Waals surface area contributed by atoms with Gasteiger partial charge in [0.1, 0.15) is 5.75 Å². The van der Waals surface area contributed by atoms with Gasteiger partial charge in [0.2, 0.25) is 0 Å². The Kier molecular flexibility index (Phi) is 4.63. The van der Waals surface area contributed by atoms with Crippen LogP contribution < -0.4 is 15.8 Å². The zero-order chi connectivity index (χ0) is 19.9. The number of nitrogens with one attached hydrogen (secondary N) is 2. The van der Waals surface area contributed by atoms with E-state index in [1.807, 2.05) is 31.2 Å². The van der Waals surface area contributed by atoms with Crippen LogP contribution in [-0.4, -0.2) is 47.3 Å². The molecular weight excluding hydrogens is 358 g/mol. The summed E-state index contributed by atoms with van der Waals surface area (Å²) in [5.74, 6) is -1.88. The number of carboxylic acids is 1. The van der Waals surface area contributed by atoms with Crippen molar-refractivity contribution in [3.05, 3.63) is 45.7 Å². The molecule has 1 spiro atoms. The molecule has 0 saturated carbocycles. The lowest BCUT2D eigenvalue weighted by Gasteiger charge is -2.24. The lowest BCUT2D eigenvalue weighted by atomic mass is 9.86. The van der Waals surface area contributed by atoms with Gasteiger partial charge >= 0.3 is 5.97 Å². The van der Waals surface area contributed by atoms with E-state index in [1.54, 1.807) is 0 Å². The van der Waals surface area contributed by atoms with Gasteiger partial charge < -0.3 is 25.4 Å². The van der Waals surface area contributed by atoms with Gasteiger partial charge in [0, 0.05) is 36.3 Å². The number of hydrogen-bond acceptors (Lipinski definition) is 5. The van der Waals surface area contributed by atoms with Crippen LogP contribution >= 0.6 is 0 Å². The van der Waals surface area contributed by atoms with Crippen molar-refractivity contribution >= 4 is 11.7 Å². The van der Waals surface area contributed by atoms with Crippen molar-refractivity contribution in [2.75, 3.05) is 31.1 Å². The predicted molar refractivity (Wildman–Crippen MR) is 107 cm³/mol. The van der Waals surface area contributed by atoms with E-state index in [1.165, 1.54) is 12.8 Å². The molecule has 4 N–H and O–H groups in total. The molecule has 2 aliphatic rings. The number of carboxylic acid groups (broad SMARTS) is 1. The van der Waals surface area contributed by atoms with Crippen molar-refractivity contribution < 1.29 is 15.0 Å². The summed E-state index contributed by atoms with van der Waals surface area (Å²) in [5, 5.41) is 23.0. The van der Waals surface area contributed by atoms with Crippen molar-refractivity contribution in [2.24, 2.45) is 5.41 Å².